The van der Waals surface area contributed by atoms with Gasteiger partial charge in [-0.15, -0.1) is 0 Å². The highest BCUT2D eigenvalue weighted by molar-refractivity contribution is 5.79. The Balaban J connectivity index is 1.31. The molecular formula is C64H48N4O2. The third-order valence-electron chi connectivity index (χ3n) is 12.3. The normalized spacial score (nSPS) is 11.0. The van der Waals surface area contributed by atoms with E-state index in [1.165, 1.54) is 0 Å². The highest BCUT2D eigenvalue weighted by Crippen LogP contribution is 2.33. The van der Waals surface area contributed by atoms with Crippen molar-refractivity contribution in [3.63, 3.8) is 0 Å². The molecule has 0 aliphatic rings. The van der Waals surface area contributed by atoms with Crippen LogP contribution >= 0.6 is 0 Å². The van der Waals surface area contributed by atoms with Crippen molar-refractivity contribution in [1.29, 1.82) is 0 Å². The predicted octanol–water partition coefficient (Wildman–Crippen LogP) is 17.1. The molecule has 0 spiro atoms. The van der Waals surface area contributed by atoms with Crippen LogP contribution in [0.1, 0.15) is 11.1 Å². The number of hydrogen-bond acceptors (Lipinski definition) is 2. The lowest BCUT2D eigenvalue weighted by molar-refractivity contribution is 0.483. The van der Waals surface area contributed by atoms with Crippen LogP contribution < -0.4 is 9.47 Å². The van der Waals surface area contributed by atoms with Gasteiger partial charge in [0.15, 0.2) is 0 Å². The second-order valence-electron chi connectivity index (χ2n) is 16.8. The number of rotatable bonds is 10. The van der Waals surface area contributed by atoms with E-state index in [4.69, 9.17) is 9.47 Å². The Hall–Kier alpha value is -9.52. The minimum atomic E-state index is 0.682. The van der Waals surface area contributed by atoms with Crippen LogP contribution in [0.15, 0.2) is 268 Å². The van der Waals surface area contributed by atoms with Gasteiger partial charge in [-0.1, -0.05) is 122 Å². The van der Waals surface area contributed by atoms with E-state index in [0.717, 1.165) is 89.5 Å². The molecule has 6 heteroatoms. The van der Waals surface area contributed by atoms with E-state index in [0.29, 0.717) is 11.5 Å². The van der Waals surface area contributed by atoms with Gasteiger partial charge in [0, 0.05) is 69.1 Å². The summed E-state index contributed by atoms with van der Waals surface area (Å²) < 4.78 is 22.7. The van der Waals surface area contributed by atoms with Crippen LogP contribution in [0.5, 0.6) is 23.0 Å². The third kappa shape index (κ3) is 9.01. The molecule has 0 N–H and O–H groups in total. The maximum atomic E-state index is 6.79. The summed E-state index contributed by atoms with van der Waals surface area (Å²) in [6, 6.07) is 88.3. The number of ether oxygens (including phenoxy) is 2. The smallest absolute Gasteiger partial charge is 0.131 e. The Morgan fingerprint density at radius 1 is 0.243 bits per heavy atom. The molecule has 336 valence electrons. The molecule has 10 aromatic carbocycles. The molecule has 0 aliphatic carbocycles. The number of aromatic nitrogens is 4. The van der Waals surface area contributed by atoms with Crippen molar-refractivity contribution in [2.24, 2.45) is 0 Å². The summed E-state index contributed by atoms with van der Waals surface area (Å²) in [6.45, 7) is 7.91. The third-order valence-corrected chi connectivity index (χ3v) is 12.3. The standard InChI is InChI=1S/C64H48N4O2/c1-3-47-25-37-61(38-26-47)69-63-43-57-41-58(44-63)66(50-19-11-6-12-20-50)54-31-35-56(36-32-54)68(52-23-15-8-16-24-52)60-42-59(45-64(46-60)70-62-39-27-48(4-2)28-40-62)67(51-21-13-7-14-22-51)55-33-29-53(30-34-55)65(57)49-17-9-5-10-18-49/h3-46H,1-2H2. The molecule has 14 aromatic rings. The number of nitrogens with zero attached hydrogens (tertiary/aromatic N) is 4. The lowest BCUT2D eigenvalue weighted by Crippen LogP contribution is -2.02. The second kappa shape index (κ2) is 19.4. The first-order chi connectivity index (χ1) is 34.6. The summed E-state index contributed by atoms with van der Waals surface area (Å²) in [6.07, 6.45) is 3.67. The van der Waals surface area contributed by atoms with Crippen LogP contribution in [0.2, 0.25) is 0 Å². The molecule has 0 radical (unpaired) electrons. The minimum Gasteiger partial charge on any atom is -0.457 e. The molecule has 0 atom stereocenters. The summed E-state index contributed by atoms with van der Waals surface area (Å²) in [7, 11) is 0. The fraction of sp³-hybridized carbons (Fsp3) is 0. The highest BCUT2D eigenvalue weighted by Gasteiger charge is 2.12. The molecule has 0 amide bonds. The maximum Gasteiger partial charge on any atom is 0.131 e. The molecule has 14 rings (SSSR count). The van der Waals surface area contributed by atoms with E-state index in [1.807, 2.05) is 84.9 Å². The van der Waals surface area contributed by atoms with Gasteiger partial charge in [-0.3, -0.25) is 0 Å². The van der Waals surface area contributed by atoms with Crippen molar-refractivity contribution in [3.8, 4) is 45.7 Å². The molecule has 6 nitrogen and oxygen atoms in total. The largest absolute Gasteiger partial charge is 0.457 e. The number of benzene rings is 10. The molecule has 4 aromatic heterocycles. The first kappa shape index (κ1) is 43.1. The van der Waals surface area contributed by atoms with Crippen molar-refractivity contribution in [2.45, 2.75) is 0 Å². The monoisotopic (exact) mass is 904 g/mol. The Morgan fingerprint density at radius 3 is 0.714 bits per heavy atom. The lowest BCUT2D eigenvalue weighted by Gasteiger charge is -2.18. The average molecular weight is 905 g/mol. The van der Waals surface area contributed by atoms with Gasteiger partial charge in [0.05, 0.1) is 22.1 Å². The summed E-state index contributed by atoms with van der Waals surface area (Å²) >= 11 is 0. The van der Waals surface area contributed by atoms with Crippen LogP contribution in [0.4, 0.5) is 0 Å². The Morgan fingerprint density at radius 2 is 0.486 bits per heavy atom. The van der Waals surface area contributed by atoms with Crippen LogP contribution in [-0.2, 0) is 0 Å². The quantitative estimate of drug-likeness (QED) is 0.137. The predicted molar refractivity (Wildman–Crippen MR) is 291 cm³/mol. The Labute approximate surface area is 407 Å². The van der Waals surface area contributed by atoms with E-state index >= 15 is 0 Å². The van der Waals surface area contributed by atoms with E-state index in [9.17, 15) is 0 Å². The van der Waals surface area contributed by atoms with Gasteiger partial charge in [0.1, 0.15) is 23.0 Å². The van der Waals surface area contributed by atoms with E-state index in [-0.39, 0.29) is 0 Å². The topological polar surface area (TPSA) is 38.2 Å². The molecule has 0 saturated carbocycles. The first-order valence-corrected chi connectivity index (χ1v) is 23.3. The van der Waals surface area contributed by atoms with Gasteiger partial charge in [-0.2, -0.15) is 0 Å². The van der Waals surface area contributed by atoms with Crippen molar-refractivity contribution in [2.75, 3.05) is 0 Å². The number of hydrogen-bond donors (Lipinski definition) is 0. The fourth-order valence-corrected chi connectivity index (χ4v) is 8.99. The van der Waals surface area contributed by atoms with E-state index in [1.54, 1.807) is 0 Å². The molecule has 0 saturated heterocycles. The first-order valence-electron chi connectivity index (χ1n) is 23.3. The van der Waals surface area contributed by atoms with Crippen molar-refractivity contribution in [1.82, 2.24) is 18.3 Å². The average Bonchev–Trinajstić information content (AvgIpc) is 3.41. The van der Waals surface area contributed by atoms with Gasteiger partial charge < -0.3 is 27.7 Å². The second-order valence-corrected chi connectivity index (χ2v) is 16.8. The van der Waals surface area contributed by atoms with Gasteiger partial charge in [-0.05, 0) is 145 Å². The summed E-state index contributed by atoms with van der Waals surface area (Å²) in [5.74, 6) is 2.81. The van der Waals surface area contributed by atoms with Crippen molar-refractivity contribution >= 4 is 56.3 Å². The zero-order chi connectivity index (χ0) is 47.2. The molecule has 0 fully saturated rings. The minimum absolute atomic E-state index is 0.682. The van der Waals surface area contributed by atoms with E-state index in [2.05, 4.69) is 213 Å². The van der Waals surface area contributed by atoms with Gasteiger partial charge in [-0.25, -0.2) is 0 Å². The summed E-state index contributed by atoms with van der Waals surface area (Å²) in [5.41, 5.74) is 13.6. The summed E-state index contributed by atoms with van der Waals surface area (Å²) in [5, 5.41) is 0. The van der Waals surface area contributed by atoms with Crippen LogP contribution in [-0.4, -0.2) is 18.3 Å². The van der Waals surface area contributed by atoms with Crippen LogP contribution in [0.3, 0.4) is 0 Å². The Kier molecular flexibility index (Phi) is 11.9. The molecular weight excluding hydrogens is 857 g/mol. The van der Waals surface area contributed by atoms with Gasteiger partial charge in [0.25, 0.3) is 0 Å². The molecule has 8 bridgehead atoms. The molecule has 70 heavy (non-hydrogen) atoms. The lowest BCUT2D eigenvalue weighted by atomic mass is 10.2. The fourth-order valence-electron chi connectivity index (χ4n) is 8.99. The molecule has 0 unspecified atom stereocenters. The summed E-state index contributed by atoms with van der Waals surface area (Å²) in [4.78, 5) is 0. The number of para-hydroxylation sites is 4. The van der Waals surface area contributed by atoms with E-state index < -0.39 is 0 Å². The zero-order valence-corrected chi connectivity index (χ0v) is 38.4. The molecule has 4 heterocycles. The van der Waals surface area contributed by atoms with Crippen LogP contribution in [0, 0.1) is 0 Å². The van der Waals surface area contributed by atoms with Crippen molar-refractivity contribution < 1.29 is 9.47 Å². The highest BCUT2D eigenvalue weighted by atomic mass is 16.5. The zero-order valence-electron chi connectivity index (χ0n) is 38.4. The Bertz CT molecular complexity index is 3340. The van der Waals surface area contributed by atoms with Crippen LogP contribution in [0.25, 0.3) is 79.0 Å². The van der Waals surface area contributed by atoms with Gasteiger partial charge in [0.2, 0.25) is 0 Å². The van der Waals surface area contributed by atoms with Gasteiger partial charge >= 0.3 is 0 Å². The SMILES string of the molecule is C=Cc1ccc(Oc2cc3cc(c2)n(-c2ccccc2)c2ccc(cc2)n(-c2ccccc2)c2cc(Oc4ccc(C=C)cc4)cc(c2)n(-c2ccccc2)c2ccc(cc2)n3-c2ccccc2)cc1. The maximum absolute atomic E-state index is 6.79. The molecule has 0 aliphatic heterocycles. The van der Waals surface area contributed by atoms with Crippen molar-refractivity contribution in [3.05, 3.63) is 279 Å².